The maximum atomic E-state index is 11.1. The Morgan fingerprint density at radius 2 is 2.17 bits per heavy atom. The van der Waals surface area contributed by atoms with Crippen LogP contribution in [0.3, 0.4) is 0 Å². The minimum atomic E-state index is -0.873. The fourth-order valence-corrected chi connectivity index (χ4v) is 2.05. The Balaban J connectivity index is 2.57. The van der Waals surface area contributed by atoms with Gasteiger partial charge in [-0.2, -0.15) is 0 Å². The van der Waals surface area contributed by atoms with Crippen LogP contribution in [0.1, 0.15) is 18.9 Å². The van der Waals surface area contributed by atoms with Crippen LogP contribution in [0, 0.1) is 5.92 Å². The molecule has 0 aliphatic heterocycles. The Morgan fingerprint density at radius 3 is 2.72 bits per heavy atom. The van der Waals surface area contributed by atoms with Crippen LogP contribution in [0.4, 0.5) is 0 Å². The van der Waals surface area contributed by atoms with Gasteiger partial charge in [0.25, 0.3) is 0 Å². The van der Waals surface area contributed by atoms with E-state index in [-0.39, 0.29) is 12.6 Å². The van der Waals surface area contributed by atoms with Crippen molar-refractivity contribution in [1.29, 1.82) is 0 Å². The third-order valence-corrected chi connectivity index (χ3v) is 2.99. The van der Waals surface area contributed by atoms with Crippen molar-refractivity contribution < 1.29 is 19.4 Å². The zero-order chi connectivity index (χ0) is 13.5. The average molecular weight is 315 g/mol. The van der Waals surface area contributed by atoms with Gasteiger partial charge < -0.3 is 9.84 Å². The standard InChI is InChI=1S/C13H15BrO4/c1-9(15)18-6-5-11(13(16)17)7-10-3-2-4-12(14)8-10/h2-4,8,11H,5-7H2,1H3,(H,16,17). The topological polar surface area (TPSA) is 63.6 Å². The molecule has 0 fully saturated rings. The molecule has 18 heavy (non-hydrogen) atoms. The third kappa shape index (κ3) is 5.31. The van der Waals surface area contributed by atoms with Gasteiger partial charge in [0.2, 0.25) is 0 Å². The van der Waals surface area contributed by atoms with E-state index in [0.29, 0.717) is 12.8 Å². The predicted octanol–water partition coefficient (Wildman–Crippen LogP) is 2.65. The Kier molecular flexibility index (Phi) is 5.85. The summed E-state index contributed by atoms with van der Waals surface area (Å²) in [6.45, 7) is 1.45. The van der Waals surface area contributed by atoms with Crippen LogP contribution >= 0.6 is 15.9 Å². The first-order valence-corrected chi connectivity index (χ1v) is 6.39. The Labute approximate surface area is 114 Å². The highest BCUT2D eigenvalue weighted by Gasteiger charge is 2.18. The van der Waals surface area contributed by atoms with Crippen molar-refractivity contribution in [1.82, 2.24) is 0 Å². The third-order valence-electron chi connectivity index (χ3n) is 2.49. The molecule has 5 heteroatoms. The molecule has 4 nitrogen and oxygen atoms in total. The number of carbonyl (C=O) groups excluding carboxylic acids is 1. The molecule has 0 aromatic heterocycles. The number of esters is 1. The van der Waals surface area contributed by atoms with Crippen LogP contribution in [0.15, 0.2) is 28.7 Å². The molecule has 98 valence electrons. The van der Waals surface area contributed by atoms with Crippen LogP contribution in [-0.4, -0.2) is 23.7 Å². The lowest BCUT2D eigenvalue weighted by Crippen LogP contribution is -2.19. The molecule has 0 spiro atoms. The smallest absolute Gasteiger partial charge is 0.306 e. The summed E-state index contributed by atoms with van der Waals surface area (Å²) in [5.41, 5.74) is 0.944. The first kappa shape index (κ1) is 14.7. The summed E-state index contributed by atoms with van der Waals surface area (Å²) >= 11 is 3.34. The maximum Gasteiger partial charge on any atom is 0.306 e. The van der Waals surface area contributed by atoms with Crippen LogP contribution in [0.25, 0.3) is 0 Å². The highest BCUT2D eigenvalue weighted by Crippen LogP contribution is 2.17. The van der Waals surface area contributed by atoms with Gasteiger partial charge in [0.05, 0.1) is 12.5 Å². The molecule has 0 bridgehead atoms. The van der Waals surface area contributed by atoms with Crippen molar-refractivity contribution in [3.8, 4) is 0 Å². The normalized spacial score (nSPS) is 11.9. The minimum Gasteiger partial charge on any atom is -0.481 e. The fraction of sp³-hybridized carbons (Fsp3) is 0.385. The molecule has 0 heterocycles. The number of rotatable bonds is 6. The summed E-state index contributed by atoms with van der Waals surface area (Å²) in [6.07, 6.45) is 0.747. The lowest BCUT2D eigenvalue weighted by molar-refractivity contribution is -0.146. The first-order valence-electron chi connectivity index (χ1n) is 5.59. The molecule has 0 aliphatic carbocycles. The SMILES string of the molecule is CC(=O)OCCC(Cc1cccc(Br)c1)C(=O)O. The largest absolute Gasteiger partial charge is 0.481 e. The molecule has 0 saturated carbocycles. The zero-order valence-electron chi connectivity index (χ0n) is 10.1. The summed E-state index contributed by atoms with van der Waals surface area (Å²) in [7, 11) is 0. The molecule has 0 radical (unpaired) electrons. The van der Waals surface area contributed by atoms with Crippen LogP contribution in [-0.2, 0) is 20.7 Å². The van der Waals surface area contributed by atoms with Gasteiger partial charge in [0.1, 0.15) is 0 Å². The van der Waals surface area contributed by atoms with Gasteiger partial charge >= 0.3 is 11.9 Å². The van der Waals surface area contributed by atoms with E-state index in [0.717, 1.165) is 10.0 Å². The summed E-state index contributed by atoms with van der Waals surface area (Å²) in [4.78, 5) is 21.7. The van der Waals surface area contributed by atoms with Crippen molar-refractivity contribution in [2.45, 2.75) is 19.8 Å². The minimum absolute atomic E-state index is 0.139. The lowest BCUT2D eigenvalue weighted by Gasteiger charge is -2.12. The highest BCUT2D eigenvalue weighted by molar-refractivity contribution is 9.10. The maximum absolute atomic E-state index is 11.1. The van der Waals surface area contributed by atoms with Gasteiger partial charge in [-0.3, -0.25) is 9.59 Å². The summed E-state index contributed by atoms with van der Waals surface area (Å²) in [6, 6.07) is 7.52. The second-order valence-corrected chi connectivity index (χ2v) is 4.91. The number of halogens is 1. The highest BCUT2D eigenvalue weighted by atomic mass is 79.9. The monoisotopic (exact) mass is 314 g/mol. The predicted molar refractivity (Wildman–Crippen MR) is 70.2 cm³/mol. The first-order chi connectivity index (χ1) is 8.49. The van der Waals surface area contributed by atoms with Gasteiger partial charge in [0, 0.05) is 11.4 Å². The van der Waals surface area contributed by atoms with E-state index >= 15 is 0 Å². The van der Waals surface area contributed by atoms with Crippen LogP contribution in [0.2, 0.25) is 0 Å². The molecule has 0 saturated heterocycles. The van der Waals surface area contributed by atoms with E-state index in [1.807, 2.05) is 24.3 Å². The molecule has 1 aromatic carbocycles. The Bertz CT molecular complexity index is 431. The second-order valence-electron chi connectivity index (χ2n) is 4.00. The van der Waals surface area contributed by atoms with Crippen LogP contribution in [0.5, 0.6) is 0 Å². The molecule has 0 amide bonds. The number of hydrogen-bond donors (Lipinski definition) is 1. The molecule has 1 aromatic rings. The van der Waals surface area contributed by atoms with E-state index in [9.17, 15) is 9.59 Å². The van der Waals surface area contributed by atoms with Gasteiger partial charge in [-0.15, -0.1) is 0 Å². The number of carboxylic acid groups (broad SMARTS) is 1. The number of ether oxygens (including phenoxy) is 1. The molecule has 1 N–H and O–H groups in total. The van der Waals surface area contributed by atoms with Crippen LogP contribution < -0.4 is 0 Å². The van der Waals surface area contributed by atoms with E-state index in [2.05, 4.69) is 15.9 Å². The molecule has 1 unspecified atom stereocenters. The number of carboxylic acids is 1. The fourth-order valence-electron chi connectivity index (χ4n) is 1.61. The summed E-state index contributed by atoms with van der Waals surface area (Å²) in [5, 5.41) is 9.12. The van der Waals surface area contributed by atoms with Gasteiger partial charge in [0.15, 0.2) is 0 Å². The average Bonchev–Trinajstić information content (AvgIpc) is 2.27. The quantitative estimate of drug-likeness (QED) is 0.820. The number of benzene rings is 1. The van der Waals surface area contributed by atoms with E-state index < -0.39 is 11.9 Å². The molecule has 1 rings (SSSR count). The van der Waals surface area contributed by atoms with Crippen molar-refractivity contribution in [3.05, 3.63) is 34.3 Å². The molecule has 0 aliphatic rings. The summed E-state index contributed by atoms with van der Waals surface area (Å²) in [5.74, 6) is -1.80. The summed E-state index contributed by atoms with van der Waals surface area (Å²) < 4.78 is 5.69. The van der Waals surface area contributed by atoms with Crippen molar-refractivity contribution >= 4 is 27.9 Å². The number of aliphatic carboxylic acids is 1. The molecular formula is C13H15BrO4. The number of carbonyl (C=O) groups is 2. The Morgan fingerprint density at radius 1 is 1.44 bits per heavy atom. The van der Waals surface area contributed by atoms with E-state index in [4.69, 9.17) is 9.84 Å². The van der Waals surface area contributed by atoms with Gasteiger partial charge in [-0.25, -0.2) is 0 Å². The van der Waals surface area contributed by atoms with E-state index in [1.54, 1.807) is 0 Å². The second kappa shape index (κ2) is 7.16. The molecular weight excluding hydrogens is 300 g/mol. The van der Waals surface area contributed by atoms with Crippen molar-refractivity contribution in [2.24, 2.45) is 5.92 Å². The van der Waals surface area contributed by atoms with Gasteiger partial charge in [-0.05, 0) is 30.5 Å². The molecule has 1 atom stereocenters. The Hall–Kier alpha value is -1.36. The van der Waals surface area contributed by atoms with E-state index in [1.165, 1.54) is 6.92 Å². The van der Waals surface area contributed by atoms with Crippen molar-refractivity contribution in [2.75, 3.05) is 6.61 Å². The van der Waals surface area contributed by atoms with Gasteiger partial charge in [-0.1, -0.05) is 28.1 Å². The zero-order valence-corrected chi connectivity index (χ0v) is 11.6. The van der Waals surface area contributed by atoms with Crippen molar-refractivity contribution in [3.63, 3.8) is 0 Å². The number of hydrogen-bond acceptors (Lipinski definition) is 3. The lowest BCUT2D eigenvalue weighted by atomic mass is 9.97.